The van der Waals surface area contributed by atoms with Crippen molar-refractivity contribution in [3.63, 3.8) is 0 Å². The van der Waals surface area contributed by atoms with E-state index in [1.54, 1.807) is 13.0 Å². The molecule has 2 aliphatic rings. The third-order valence-electron chi connectivity index (χ3n) is 6.05. The fourth-order valence-electron chi connectivity index (χ4n) is 3.92. The van der Waals surface area contributed by atoms with Crippen LogP contribution in [-0.2, 0) is 5.41 Å². The maximum atomic E-state index is 9.82. The Hall–Kier alpha value is -3.18. The Labute approximate surface area is 166 Å². The zero-order valence-electron chi connectivity index (χ0n) is 17.0. The zero-order chi connectivity index (χ0) is 20.7. The smallest absolute Gasteiger partial charge is 0.137 e. The molecule has 1 heterocycles. The maximum Gasteiger partial charge on any atom is 0.137 e. The summed E-state index contributed by atoms with van der Waals surface area (Å²) in [5, 5.41) is 27.8. The van der Waals surface area contributed by atoms with E-state index in [4.69, 9.17) is 10.4 Å². The standard InChI is InChI=1S/C23H25N5/c1-15(26)28(18-9-7-6-8-10-18)21-19-12-16(13-24)11-17(14-25)20(19)22(2,3)23(4,5)27-21/h6-9,11-12,18,26H,10H2,1-5H3. The van der Waals surface area contributed by atoms with Crippen LogP contribution in [0, 0.1) is 28.1 Å². The summed E-state index contributed by atoms with van der Waals surface area (Å²) < 4.78 is 0. The average molecular weight is 371 g/mol. The van der Waals surface area contributed by atoms with Gasteiger partial charge in [-0.3, -0.25) is 10.4 Å². The molecule has 5 heteroatoms. The number of benzene rings is 1. The first-order chi connectivity index (χ1) is 13.1. The van der Waals surface area contributed by atoms with Crippen LogP contribution in [0.3, 0.4) is 0 Å². The van der Waals surface area contributed by atoms with Crippen LogP contribution in [-0.4, -0.2) is 28.2 Å². The van der Waals surface area contributed by atoms with E-state index in [1.807, 2.05) is 23.1 Å². The molecule has 0 saturated carbocycles. The number of nitrogens with zero attached hydrogens (tertiary/aromatic N) is 4. The normalized spacial score (nSPS) is 21.1. The summed E-state index contributed by atoms with van der Waals surface area (Å²) in [5.74, 6) is 1.04. The number of aliphatic imine (C=N–C) groups is 1. The molecule has 1 N–H and O–H groups in total. The van der Waals surface area contributed by atoms with Crippen LogP contribution in [0.5, 0.6) is 0 Å². The minimum absolute atomic E-state index is 0.0256. The molecule has 5 nitrogen and oxygen atoms in total. The van der Waals surface area contributed by atoms with Crippen molar-refractivity contribution in [1.82, 2.24) is 4.90 Å². The Kier molecular flexibility index (Phi) is 4.73. The van der Waals surface area contributed by atoms with Crippen molar-refractivity contribution in [2.45, 2.75) is 58.0 Å². The Morgan fingerprint density at radius 3 is 2.43 bits per heavy atom. The summed E-state index contributed by atoms with van der Waals surface area (Å²) in [6.07, 6.45) is 8.89. The summed E-state index contributed by atoms with van der Waals surface area (Å²) in [6, 6.07) is 7.89. The van der Waals surface area contributed by atoms with Gasteiger partial charge in [0, 0.05) is 11.0 Å². The molecule has 0 amide bonds. The van der Waals surface area contributed by atoms with Gasteiger partial charge in [-0.05, 0) is 44.9 Å². The molecule has 1 aromatic carbocycles. The lowest BCUT2D eigenvalue weighted by molar-refractivity contribution is 0.296. The molecule has 1 atom stereocenters. The first kappa shape index (κ1) is 19.6. The topological polar surface area (TPSA) is 87.0 Å². The molecule has 1 aromatic rings. The van der Waals surface area contributed by atoms with E-state index in [0.29, 0.717) is 22.8 Å². The van der Waals surface area contributed by atoms with Crippen LogP contribution in [0.2, 0.25) is 0 Å². The molecule has 0 aromatic heterocycles. The van der Waals surface area contributed by atoms with Gasteiger partial charge in [-0.15, -0.1) is 0 Å². The van der Waals surface area contributed by atoms with E-state index in [0.717, 1.165) is 17.5 Å². The number of nitrogens with one attached hydrogen (secondary N) is 1. The van der Waals surface area contributed by atoms with Crippen LogP contribution in [0.15, 0.2) is 41.4 Å². The van der Waals surface area contributed by atoms with Crippen molar-refractivity contribution in [1.29, 1.82) is 15.9 Å². The predicted molar refractivity (Wildman–Crippen MR) is 111 cm³/mol. The largest absolute Gasteiger partial charge is 0.308 e. The highest BCUT2D eigenvalue weighted by Crippen LogP contribution is 2.45. The summed E-state index contributed by atoms with van der Waals surface area (Å²) in [5.41, 5.74) is 1.70. The van der Waals surface area contributed by atoms with Crippen molar-refractivity contribution in [2.75, 3.05) is 0 Å². The molecule has 0 fully saturated rings. The fraction of sp³-hybridized carbons (Fsp3) is 0.391. The van der Waals surface area contributed by atoms with E-state index in [9.17, 15) is 10.5 Å². The maximum absolute atomic E-state index is 9.82. The van der Waals surface area contributed by atoms with Crippen molar-refractivity contribution in [3.8, 4) is 12.1 Å². The molecule has 0 radical (unpaired) electrons. The minimum Gasteiger partial charge on any atom is -0.308 e. The highest BCUT2D eigenvalue weighted by Gasteiger charge is 2.47. The summed E-state index contributed by atoms with van der Waals surface area (Å²) >= 11 is 0. The summed E-state index contributed by atoms with van der Waals surface area (Å²) in [4.78, 5) is 7.00. The number of hydrogen-bond acceptors (Lipinski definition) is 4. The van der Waals surface area contributed by atoms with Crippen LogP contribution in [0.4, 0.5) is 0 Å². The molecular weight excluding hydrogens is 346 g/mol. The quantitative estimate of drug-likeness (QED) is 0.585. The predicted octanol–water partition coefficient (Wildman–Crippen LogP) is 4.43. The first-order valence-corrected chi connectivity index (χ1v) is 9.40. The second-order valence-electron chi connectivity index (χ2n) is 8.36. The van der Waals surface area contributed by atoms with Gasteiger partial charge in [0.1, 0.15) is 5.84 Å². The number of hydrogen-bond donors (Lipinski definition) is 1. The Morgan fingerprint density at radius 2 is 1.89 bits per heavy atom. The Balaban J connectivity index is 2.34. The van der Waals surface area contributed by atoms with Crippen LogP contribution in [0.25, 0.3) is 0 Å². The Morgan fingerprint density at radius 1 is 1.18 bits per heavy atom. The van der Waals surface area contributed by atoms with Gasteiger partial charge in [-0.1, -0.05) is 38.2 Å². The molecule has 0 spiro atoms. The Bertz CT molecular complexity index is 1010. The second-order valence-corrected chi connectivity index (χ2v) is 8.36. The SMILES string of the molecule is CC(=N)N(C1=NC(C)(C)C(C)(C)c2c(C#N)cc(C#N)cc21)C1C=CC=CC1. The lowest BCUT2D eigenvalue weighted by Gasteiger charge is -2.47. The van der Waals surface area contributed by atoms with Gasteiger partial charge in [-0.2, -0.15) is 10.5 Å². The second kappa shape index (κ2) is 6.77. The molecule has 1 unspecified atom stereocenters. The molecular formula is C23H25N5. The third-order valence-corrected chi connectivity index (χ3v) is 6.05. The van der Waals surface area contributed by atoms with Gasteiger partial charge in [0.15, 0.2) is 0 Å². The van der Waals surface area contributed by atoms with E-state index in [-0.39, 0.29) is 6.04 Å². The number of fused-ring (bicyclic) bond motifs is 1. The van der Waals surface area contributed by atoms with E-state index < -0.39 is 11.0 Å². The number of allylic oxidation sites excluding steroid dienone is 2. The molecule has 0 bridgehead atoms. The van der Waals surface area contributed by atoms with E-state index >= 15 is 0 Å². The lowest BCUT2D eigenvalue weighted by Crippen LogP contribution is -2.52. The summed E-state index contributed by atoms with van der Waals surface area (Å²) in [7, 11) is 0. The molecule has 142 valence electrons. The van der Waals surface area contributed by atoms with E-state index in [1.165, 1.54) is 0 Å². The van der Waals surface area contributed by atoms with Crippen molar-refractivity contribution in [3.05, 3.63) is 58.7 Å². The highest BCUT2D eigenvalue weighted by atomic mass is 15.3. The van der Waals surface area contributed by atoms with Crippen molar-refractivity contribution < 1.29 is 0 Å². The molecule has 1 aliphatic heterocycles. The van der Waals surface area contributed by atoms with E-state index in [2.05, 4.69) is 52.0 Å². The minimum atomic E-state index is -0.489. The highest BCUT2D eigenvalue weighted by molar-refractivity contribution is 6.11. The third kappa shape index (κ3) is 2.94. The molecule has 0 saturated heterocycles. The molecule has 28 heavy (non-hydrogen) atoms. The average Bonchev–Trinajstić information content (AvgIpc) is 2.65. The van der Waals surface area contributed by atoms with Crippen LogP contribution in [0.1, 0.15) is 63.3 Å². The van der Waals surface area contributed by atoms with Gasteiger partial charge in [-0.25, -0.2) is 0 Å². The van der Waals surface area contributed by atoms with Gasteiger partial charge in [0.25, 0.3) is 0 Å². The summed E-state index contributed by atoms with van der Waals surface area (Å²) in [6.45, 7) is 10.0. The van der Waals surface area contributed by atoms with Crippen LogP contribution < -0.4 is 0 Å². The lowest BCUT2D eigenvalue weighted by atomic mass is 9.65. The number of amidine groups is 2. The molecule has 1 aliphatic carbocycles. The van der Waals surface area contributed by atoms with Gasteiger partial charge in [0.2, 0.25) is 0 Å². The van der Waals surface area contributed by atoms with Crippen LogP contribution >= 0.6 is 0 Å². The number of rotatable bonds is 1. The van der Waals surface area contributed by atoms with Gasteiger partial charge >= 0.3 is 0 Å². The monoisotopic (exact) mass is 371 g/mol. The van der Waals surface area contributed by atoms with Crippen molar-refractivity contribution in [2.24, 2.45) is 4.99 Å². The van der Waals surface area contributed by atoms with Gasteiger partial charge in [0.05, 0.1) is 40.7 Å². The molecule has 3 rings (SSSR count). The number of nitriles is 2. The fourth-order valence-corrected chi connectivity index (χ4v) is 3.92. The zero-order valence-corrected chi connectivity index (χ0v) is 17.0. The van der Waals surface area contributed by atoms with Crippen molar-refractivity contribution >= 4 is 11.7 Å². The van der Waals surface area contributed by atoms with Gasteiger partial charge < -0.3 is 4.90 Å². The first-order valence-electron chi connectivity index (χ1n) is 9.40.